The van der Waals surface area contributed by atoms with Crippen molar-refractivity contribution in [3.63, 3.8) is 0 Å². The van der Waals surface area contributed by atoms with Crippen LogP contribution in [0.4, 0.5) is 11.4 Å². The fourth-order valence-corrected chi connectivity index (χ4v) is 4.07. The third kappa shape index (κ3) is 4.30. The molecule has 3 aromatic carbocycles. The molecule has 0 saturated heterocycles. The van der Waals surface area contributed by atoms with Gasteiger partial charge in [0.25, 0.3) is 5.91 Å². The summed E-state index contributed by atoms with van der Waals surface area (Å²) in [5.41, 5.74) is 3.34. The Morgan fingerprint density at radius 3 is 2.48 bits per heavy atom. The van der Waals surface area contributed by atoms with E-state index in [9.17, 15) is 14.4 Å². The van der Waals surface area contributed by atoms with Crippen molar-refractivity contribution in [2.45, 2.75) is 19.3 Å². The van der Waals surface area contributed by atoms with Crippen LogP contribution in [0, 0.1) is 0 Å². The molecule has 0 aliphatic carbocycles. The largest absolute Gasteiger partial charge is 0.486 e. The molecule has 5 rings (SSSR count). The molecule has 7 heteroatoms. The summed E-state index contributed by atoms with van der Waals surface area (Å²) in [4.78, 5) is 38.1. The zero-order chi connectivity index (χ0) is 22.8. The van der Waals surface area contributed by atoms with E-state index in [2.05, 4.69) is 10.6 Å². The molecular formula is C26H22N2O5. The second-order valence-electron chi connectivity index (χ2n) is 7.96. The van der Waals surface area contributed by atoms with Gasteiger partial charge < -0.3 is 20.1 Å². The molecule has 33 heavy (non-hydrogen) atoms. The van der Waals surface area contributed by atoms with Crippen LogP contribution in [0.15, 0.2) is 60.7 Å². The Kier molecular flexibility index (Phi) is 5.52. The molecule has 0 unspecified atom stereocenters. The number of rotatable bonds is 4. The Labute approximate surface area is 190 Å². The molecule has 0 fully saturated rings. The lowest BCUT2D eigenvalue weighted by molar-refractivity contribution is -0.116. The van der Waals surface area contributed by atoms with Gasteiger partial charge in [-0.05, 0) is 60.9 Å². The summed E-state index contributed by atoms with van der Waals surface area (Å²) >= 11 is 0. The summed E-state index contributed by atoms with van der Waals surface area (Å²) in [6, 6.07) is 17.1. The van der Waals surface area contributed by atoms with Crippen LogP contribution in [0.5, 0.6) is 11.5 Å². The number of anilines is 2. The first-order valence-electron chi connectivity index (χ1n) is 10.9. The molecule has 2 heterocycles. The molecule has 166 valence electrons. The zero-order valence-corrected chi connectivity index (χ0v) is 17.9. The van der Waals surface area contributed by atoms with E-state index in [0.29, 0.717) is 47.9 Å². The maximum absolute atomic E-state index is 13.3. The SMILES string of the molecule is O=C1CCCc2cc(NC(=O)c3ccccc3C(=O)c3ccc4c(c3)OCCO4)ccc2N1. The highest BCUT2D eigenvalue weighted by Crippen LogP contribution is 2.32. The number of aryl methyl sites for hydroxylation is 1. The smallest absolute Gasteiger partial charge is 0.256 e. The minimum absolute atomic E-state index is 0.00267. The van der Waals surface area contributed by atoms with Crippen molar-refractivity contribution in [1.29, 1.82) is 0 Å². The van der Waals surface area contributed by atoms with E-state index in [4.69, 9.17) is 9.47 Å². The Balaban J connectivity index is 1.40. The average molecular weight is 442 g/mol. The predicted octanol–water partition coefficient (Wildman–Crippen LogP) is 4.22. The third-order valence-corrected chi connectivity index (χ3v) is 5.71. The minimum Gasteiger partial charge on any atom is -0.486 e. The lowest BCUT2D eigenvalue weighted by Gasteiger charge is -2.18. The first kappa shape index (κ1) is 20.8. The first-order chi connectivity index (χ1) is 16.1. The van der Waals surface area contributed by atoms with Gasteiger partial charge in [0.1, 0.15) is 13.2 Å². The Hall–Kier alpha value is -4.13. The molecule has 0 bridgehead atoms. The molecule has 0 aromatic heterocycles. The van der Waals surface area contributed by atoms with Crippen LogP contribution in [0.3, 0.4) is 0 Å². The van der Waals surface area contributed by atoms with Crippen LogP contribution in [0.25, 0.3) is 0 Å². The van der Waals surface area contributed by atoms with Gasteiger partial charge in [0.15, 0.2) is 17.3 Å². The van der Waals surface area contributed by atoms with Crippen LogP contribution >= 0.6 is 0 Å². The van der Waals surface area contributed by atoms with Crippen molar-refractivity contribution in [2.75, 3.05) is 23.8 Å². The van der Waals surface area contributed by atoms with Crippen molar-refractivity contribution >= 4 is 29.0 Å². The lowest BCUT2D eigenvalue weighted by Crippen LogP contribution is -2.18. The van der Waals surface area contributed by atoms with Crippen LogP contribution < -0.4 is 20.1 Å². The quantitative estimate of drug-likeness (QED) is 0.590. The van der Waals surface area contributed by atoms with Gasteiger partial charge in [-0.1, -0.05) is 18.2 Å². The summed E-state index contributed by atoms with van der Waals surface area (Å²) < 4.78 is 11.1. The molecule has 0 saturated carbocycles. The first-order valence-corrected chi connectivity index (χ1v) is 10.9. The molecular weight excluding hydrogens is 420 g/mol. The number of benzene rings is 3. The molecule has 7 nitrogen and oxygen atoms in total. The molecule has 2 aliphatic heterocycles. The lowest BCUT2D eigenvalue weighted by atomic mass is 9.97. The minimum atomic E-state index is -0.380. The second kappa shape index (κ2) is 8.78. The van der Waals surface area contributed by atoms with E-state index in [1.807, 2.05) is 6.07 Å². The van der Waals surface area contributed by atoms with Crippen LogP contribution in [0.2, 0.25) is 0 Å². The Bertz CT molecular complexity index is 1270. The van der Waals surface area contributed by atoms with Crippen molar-refractivity contribution in [3.05, 3.63) is 82.9 Å². The summed E-state index contributed by atoms with van der Waals surface area (Å²) in [6.45, 7) is 0.895. The van der Waals surface area contributed by atoms with Crippen molar-refractivity contribution in [2.24, 2.45) is 0 Å². The van der Waals surface area contributed by atoms with Crippen molar-refractivity contribution < 1.29 is 23.9 Å². The van der Waals surface area contributed by atoms with Gasteiger partial charge in [-0.25, -0.2) is 0 Å². The molecule has 0 spiro atoms. The zero-order valence-electron chi connectivity index (χ0n) is 17.9. The van der Waals surface area contributed by atoms with Gasteiger partial charge in [0.05, 0.1) is 5.56 Å². The van der Waals surface area contributed by atoms with Gasteiger partial charge in [-0.3, -0.25) is 14.4 Å². The maximum atomic E-state index is 13.3. The van der Waals surface area contributed by atoms with Gasteiger partial charge >= 0.3 is 0 Å². The normalized spacial score (nSPS) is 14.5. The summed E-state index contributed by atoms with van der Waals surface area (Å²) in [6.07, 6.45) is 1.98. The fraction of sp³-hybridized carbons (Fsp3) is 0.192. The highest BCUT2D eigenvalue weighted by molar-refractivity contribution is 6.17. The predicted molar refractivity (Wildman–Crippen MR) is 123 cm³/mol. The molecule has 0 radical (unpaired) electrons. The number of nitrogens with one attached hydrogen (secondary N) is 2. The van der Waals surface area contributed by atoms with E-state index in [1.54, 1.807) is 54.6 Å². The van der Waals surface area contributed by atoms with Crippen molar-refractivity contribution in [3.8, 4) is 11.5 Å². The van der Waals surface area contributed by atoms with Gasteiger partial charge in [0.2, 0.25) is 5.91 Å². The van der Waals surface area contributed by atoms with Gasteiger partial charge in [-0.2, -0.15) is 0 Å². The van der Waals surface area contributed by atoms with E-state index in [1.165, 1.54) is 0 Å². The summed E-state index contributed by atoms with van der Waals surface area (Å²) in [7, 11) is 0. The number of carbonyl (C=O) groups excluding carboxylic acids is 3. The average Bonchev–Trinajstić information content (AvgIpc) is 3.03. The number of hydrogen-bond acceptors (Lipinski definition) is 5. The van der Waals surface area contributed by atoms with Crippen LogP contribution in [-0.4, -0.2) is 30.8 Å². The van der Waals surface area contributed by atoms with E-state index < -0.39 is 0 Å². The highest BCUT2D eigenvalue weighted by Gasteiger charge is 2.21. The Morgan fingerprint density at radius 2 is 1.64 bits per heavy atom. The number of fused-ring (bicyclic) bond motifs is 2. The number of amides is 2. The summed E-state index contributed by atoms with van der Waals surface area (Å²) in [5.74, 6) is 0.461. The van der Waals surface area contributed by atoms with Crippen LogP contribution in [-0.2, 0) is 11.2 Å². The Morgan fingerprint density at radius 1 is 0.848 bits per heavy atom. The molecule has 3 aromatic rings. The van der Waals surface area contributed by atoms with Gasteiger partial charge in [0, 0.05) is 28.9 Å². The van der Waals surface area contributed by atoms with Crippen LogP contribution in [0.1, 0.15) is 44.7 Å². The molecule has 2 aliphatic rings. The molecule has 0 atom stereocenters. The van der Waals surface area contributed by atoms with Gasteiger partial charge in [-0.15, -0.1) is 0 Å². The molecule has 2 N–H and O–H groups in total. The topological polar surface area (TPSA) is 93.7 Å². The molecule has 2 amide bonds. The van der Waals surface area contributed by atoms with E-state index >= 15 is 0 Å². The second-order valence-corrected chi connectivity index (χ2v) is 7.96. The van der Waals surface area contributed by atoms with E-state index in [0.717, 1.165) is 24.1 Å². The monoisotopic (exact) mass is 442 g/mol. The summed E-state index contributed by atoms with van der Waals surface area (Å²) in [5, 5.41) is 5.77. The highest BCUT2D eigenvalue weighted by atomic mass is 16.6. The number of ketones is 1. The maximum Gasteiger partial charge on any atom is 0.256 e. The van der Waals surface area contributed by atoms with E-state index in [-0.39, 0.29) is 23.2 Å². The van der Waals surface area contributed by atoms with Crippen molar-refractivity contribution in [1.82, 2.24) is 0 Å². The number of carbonyl (C=O) groups is 3. The third-order valence-electron chi connectivity index (χ3n) is 5.71. The number of hydrogen-bond donors (Lipinski definition) is 2. The standard InChI is InChI=1S/C26H22N2O5/c29-24-7-3-4-16-14-18(9-10-21(16)28-24)27-26(31)20-6-2-1-5-19(20)25(30)17-8-11-22-23(15-17)33-13-12-32-22/h1-2,5-6,8-11,14-15H,3-4,7,12-13H2,(H,27,31)(H,28,29). The fourth-order valence-electron chi connectivity index (χ4n) is 4.07. The number of ether oxygens (including phenoxy) is 2.